The van der Waals surface area contributed by atoms with E-state index in [2.05, 4.69) is 15.3 Å². The van der Waals surface area contributed by atoms with Gasteiger partial charge in [-0.25, -0.2) is 9.97 Å². The Labute approximate surface area is 119 Å². The van der Waals surface area contributed by atoms with Crippen LogP contribution in [0.25, 0.3) is 0 Å². The van der Waals surface area contributed by atoms with E-state index in [1.165, 1.54) is 31.5 Å². The summed E-state index contributed by atoms with van der Waals surface area (Å²) in [5.74, 6) is -0.536. The summed E-state index contributed by atoms with van der Waals surface area (Å²) in [5.41, 5.74) is 0.222. The van der Waals surface area contributed by atoms with Crippen molar-refractivity contribution in [1.29, 1.82) is 0 Å². The fourth-order valence-corrected chi connectivity index (χ4v) is 1.56. The number of anilines is 1. The average molecular weight is 292 g/mol. The highest BCUT2D eigenvalue weighted by Crippen LogP contribution is 2.19. The van der Waals surface area contributed by atoms with Crippen molar-refractivity contribution in [3.63, 3.8) is 0 Å². The number of para-hydroxylation sites is 1. The third-order valence-electron chi connectivity index (χ3n) is 2.25. The van der Waals surface area contributed by atoms with Crippen LogP contribution in [0.5, 0.6) is 5.75 Å². The Morgan fingerprint density at radius 3 is 2.60 bits per heavy atom. The molecular weight excluding hydrogens is 282 g/mol. The molecule has 1 heterocycles. The number of amides is 1. The molecule has 0 saturated heterocycles. The highest BCUT2D eigenvalue weighted by molar-refractivity contribution is 6.29. The predicted molar refractivity (Wildman–Crippen MR) is 72.7 cm³/mol. The molecule has 1 N–H and O–H groups in total. The number of aromatic nitrogens is 2. The van der Waals surface area contributed by atoms with Crippen molar-refractivity contribution in [1.82, 2.24) is 9.97 Å². The van der Waals surface area contributed by atoms with Crippen molar-refractivity contribution in [2.75, 3.05) is 5.32 Å². The van der Waals surface area contributed by atoms with E-state index >= 15 is 0 Å². The molecule has 0 unspecified atom stereocenters. The minimum absolute atomic E-state index is 0.180. The van der Waals surface area contributed by atoms with Gasteiger partial charge < -0.3 is 10.1 Å². The van der Waals surface area contributed by atoms with Crippen LogP contribution in [-0.2, 0) is 4.79 Å². The van der Waals surface area contributed by atoms with E-state index in [1.807, 2.05) is 0 Å². The number of carbonyl (C=O) groups excluding carboxylic acids is 2. The molecule has 0 aliphatic rings. The van der Waals surface area contributed by atoms with Crippen molar-refractivity contribution in [2.45, 2.75) is 6.92 Å². The molecule has 0 bridgehead atoms. The van der Waals surface area contributed by atoms with Gasteiger partial charge in [-0.1, -0.05) is 23.7 Å². The van der Waals surface area contributed by atoms with Gasteiger partial charge in [0.2, 0.25) is 0 Å². The first-order valence-corrected chi connectivity index (χ1v) is 6.00. The fourth-order valence-electron chi connectivity index (χ4n) is 1.46. The Kier molecular flexibility index (Phi) is 4.27. The molecule has 0 atom stereocenters. The Morgan fingerprint density at radius 1 is 1.20 bits per heavy atom. The van der Waals surface area contributed by atoms with Gasteiger partial charge in [-0.15, -0.1) is 0 Å². The Bertz CT molecular complexity index is 644. The molecule has 0 aliphatic carbocycles. The van der Waals surface area contributed by atoms with E-state index in [0.717, 1.165) is 0 Å². The van der Waals surface area contributed by atoms with Crippen molar-refractivity contribution in [2.24, 2.45) is 0 Å². The molecule has 0 saturated carbocycles. The number of ether oxygens (including phenoxy) is 1. The molecule has 2 rings (SSSR count). The quantitative estimate of drug-likeness (QED) is 0.693. The first-order valence-electron chi connectivity index (χ1n) is 5.62. The summed E-state index contributed by atoms with van der Waals surface area (Å²) < 4.78 is 4.97. The Balaban J connectivity index is 2.20. The van der Waals surface area contributed by atoms with Crippen LogP contribution in [0.15, 0.2) is 36.7 Å². The zero-order valence-corrected chi connectivity index (χ0v) is 11.2. The molecule has 7 heteroatoms. The van der Waals surface area contributed by atoms with E-state index in [9.17, 15) is 9.59 Å². The monoisotopic (exact) mass is 291 g/mol. The number of halogens is 1. The normalized spacial score (nSPS) is 9.90. The van der Waals surface area contributed by atoms with Gasteiger partial charge in [0, 0.05) is 6.92 Å². The third-order valence-corrected chi connectivity index (χ3v) is 2.44. The highest BCUT2D eigenvalue weighted by atomic mass is 35.5. The van der Waals surface area contributed by atoms with E-state index in [4.69, 9.17) is 16.3 Å². The van der Waals surface area contributed by atoms with Crippen molar-refractivity contribution >= 4 is 29.3 Å². The van der Waals surface area contributed by atoms with Crippen LogP contribution in [0, 0.1) is 0 Å². The molecule has 20 heavy (non-hydrogen) atoms. The number of esters is 1. The van der Waals surface area contributed by atoms with E-state index < -0.39 is 11.9 Å². The molecule has 0 fully saturated rings. The zero-order chi connectivity index (χ0) is 14.5. The lowest BCUT2D eigenvalue weighted by Crippen LogP contribution is -2.15. The number of benzene rings is 1. The smallest absolute Gasteiger partial charge is 0.308 e. The van der Waals surface area contributed by atoms with Gasteiger partial charge in [-0.3, -0.25) is 9.59 Å². The number of nitrogens with one attached hydrogen (secondary N) is 1. The van der Waals surface area contributed by atoms with Gasteiger partial charge in [0.1, 0.15) is 10.9 Å². The fraction of sp³-hybridized carbons (Fsp3) is 0.0769. The molecule has 1 aromatic heterocycles. The van der Waals surface area contributed by atoms with Crippen LogP contribution in [-0.4, -0.2) is 21.8 Å². The lowest BCUT2D eigenvalue weighted by molar-refractivity contribution is -0.131. The lowest BCUT2D eigenvalue weighted by atomic mass is 10.2. The highest BCUT2D eigenvalue weighted by Gasteiger charge is 2.14. The van der Waals surface area contributed by atoms with Crippen LogP contribution in [0.2, 0.25) is 5.15 Å². The molecule has 0 spiro atoms. The van der Waals surface area contributed by atoms with Crippen LogP contribution in [0.4, 0.5) is 5.82 Å². The van der Waals surface area contributed by atoms with Gasteiger partial charge in [0.05, 0.1) is 18.0 Å². The number of rotatable bonds is 3. The second-order valence-electron chi connectivity index (χ2n) is 3.77. The number of carbonyl (C=O) groups is 2. The number of hydrogen-bond acceptors (Lipinski definition) is 5. The summed E-state index contributed by atoms with van der Waals surface area (Å²) in [6, 6.07) is 6.40. The van der Waals surface area contributed by atoms with Gasteiger partial charge in [0.25, 0.3) is 5.91 Å². The van der Waals surface area contributed by atoms with Crippen LogP contribution < -0.4 is 10.1 Å². The first-order chi connectivity index (χ1) is 9.56. The first kappa shape index (κ1) is 14.0. The van der Waals surface area contributed by atoms with E-state index in [0.29, 0.717) is 0 Å². The summed E-state index contributed by atoms with van der Waals surface area (Å²) >= 11 is 5.60. The largest absolute Gasteiger partial charge is 0.426 e. The molecule has 0 radical (unpaired) electrons. The molecule has 1 aromatic carbocycles. The molecule has 0 aliphatic heterocycles. The third kappa shape index (κ3) is 3.52. The summed E-state index contributed by atoms with van der Waals surface area (Å²) in [5, 5.41) is 2.76. The molecule has 1 amide bonds. The Hall–Kier alpha value is -2.47. The summed E-state index contributed by atoms with van der Waals surface area (Å²) in [4.78, 5) is 30.8. The van der Waals surface area contributed by atoms with E-state index in [1.54, 1.807) is 12.1 Å². The number of nitrogens with zero attached hydrogens (tertiary/aromatic N) is 2. The molecule has 2 aromatic rings. The second kappa shape index (κ2) is 6.12. The lowest BCUT2D eigenvalue weighted by Gasteiger charge is -2.08. The van der Waals surface area contributed by atoms with E-state index in [-0.39, 0.29) is 22.3 Å². The molecular formula is C13H10ClN3O3. The Morgan fingerprint density at radius 2 is 1.95 bits per heavy atom. The van der Waals surface area contributed by atoms with Crippen molar-refractivity contribution < 1.29 is 14.3 Å². The van der Waals surface area contributed by atoms with Gasteiger partial charge in [-0.2, -0.15) is 0 Å². The minimum atomic E-state index is -0.503. The second-order valence-corrected chi connectivity index (χ2v) is 4.16. The predicted octanol–water partition coefficient (Wildman–Crippen LogP) is 2.31. The van der Waals surface area contributed by atoms with Crippen LogP contribution in [0.1, 0.15) is 17.3 Å². The molecule has 6 nitrogen and oxygen atoms in total. The maximum Gasteiger partial charge on any atom is 0.308 e. The number of hydrogen-bond donors (Lipinski definition) is 1. The standard InChI is InChI=1S/C13H10ClN3O3/c1-8(18)20-10-5-3-2-4-9(10)13(19)17-12-7-15-11(14)6-16-12/h2-7H,1H3,(H,16,17,19). The maximum absolute atomic E-state index is 12.1. The van der Waals surface area contributed by atoms with Crippen molar-refractivity contribution in [3.05, 3.63) is 47.4 Å². The molecule has 102 valence electrons. The van der Waals surface area contributed by atoms with Crippen molar-refractivity contribution in [3.8, 4) is 5.75 Å². The summed E-state index contributed by atoms with van der Waals surface area (Å²) in [6.45, 7) is 1.26. The van der Waals surface area contributed by atoms with Gasteiger partial charge >= 0.3 is 5.97 Å². The minimum Gasteiger partial charge on any atom is -0.426 e. The summed E-state index contributed by atoms with van der Waals surface area (Å²) in [6.07, 6.45) is 2.64. The zero-order valence-electron chi connectivity index (χ0n) is 10.5. The maximum atomic E-state index is 12.1. The SMILES string of the molecule is CC(=O)Oc1ccccc1C(=O)Nc1cnc(Cl)cn1. The van der Waals surface area contributed by atoms with Crippen LogP contribution in [0.3, 0.4) is 0 Å². The van der Waals surface area contributed by atoms with Crippen LogP contribution >= 0.6 is 11.6 Å². The topological polar surface area (TPSA) is 81.2 Å². The average Bonchev–Trinajstić information content (AvgIpc) is 2.41. The summed E-state index contributed by atoms with van der Waals surface area (Å²) in [7, 11) is 0. The van der Waals surface area contributed by atoms with Gasteiger partial charge in [-0.05, 0) is 12.1 Å². The van der Waals surface area contributed by atoms with Gasteiger partial charge in [0.15, 0.2) is 5.82 Å².